The lowest BCUT2D eigenvalue weighted by Gasteiger charge is -2.17. The van der Waals surface area contributed by atoms with E-state index in [9.17, 15) is 4.79 Å². The van der Waals surface area contributed by atoms with Gasteiger partial charge in [-0.3, -0.25) is 4.79 Å². The third-order valence-electron chi connectivity index (χ3n) is 4.16. The number of carbonyl (C=O) groups excluding carboxylic acids is 1. The fraction of sp³-hybridized carbons (Fsp3) is 0.190. The first-order valence-electron chi connectivity index (χ1n) is 8.13. The highest BCUT2D eigenvalue weighted by Gasteiger charge is 2.10. The summed E-state index contributed by atoms with van der Waals surface area (Å²) >= 11 is 0. The van der Waals surface area contributed by atoms with Gasteiger partial charge >= 0.3 is 0 Å². The van der Waals surface area contributed by atoms with Gasteiger partial charge in [-0.05, 0) is 42.3 Å². The van der Waals surface area contributed by atoms with Crippen LogP contribution in [0.25, 0.3) is 5.69 Å². The van der Waals surface area contributed by atoms with Gasteiger partial charge in [-0.15, -0.1) is 0 Å². The van der Waals surface area contributed by atoms with E-state index in [2.05, 4.69) is 35.8 Å². The van der Waals surface area contributed by atoms with Crippen molar-refractivity contribution in [3.63, 3.8) is 0 Å². The maximum atomic E-state index is 12.4. The average molecular weight is 318 g/mol. The first kappa shape index (κ1) is 16.1. The summed E-state index contributed by atoms with van der Waals surface area (Å²) in [6.07, 6.45) is 4.44. The lowest BCUT2D eigenvalue weighted by Crippen LogP contribution is -2.27. The number of hydrogen-bond donors (Lipinski definition) is 0. The van der Waals surface area contributed by atoms with Crippen LogP contribution in [-0.2, 0) is 17.8 Å². The van der Waals surface area contributed by atoms with Crippen LogP contribution in [0.3, 0.4) is 0 Å². The number of benzene rings is 2. The van der Waals surface area contributed by atoms with E-state index in [4.69, 9.17) is 0 Å². The summed E-state index contributed by atoms with van der Waals surface area (Å²) in [7, 11) is 1.86. The third-order valence-corrected chi connectivity index (χ3v) is 4.16. The Balaban J connectivity index is 1.60. The summed E-state index contributed by atoms with van der Waals surface area (Å²) < 4.78 is 2.05. The first-order chi connectivity index (χ1) is 11.6. The number of nitrogens with zero attached hydrogens (tertiary/aromatic N) is 2. The quantitative estimate of drug-likeness (QED) is 0.698. The molecule has 3 rings (SSSR count). The van der Waals surface area contributed by atoms with Crippen molar-refractivity contribution in [2.75, 3.05) is 7.05 Å². The minimum absolute atomic E-state index is 0.129. The SMILES string of the molecule is Cc1ccc(CN(C)C(=O)Cc2ccc(-n3cccc3)cc2)cc1. The lowest BCUT2D eigenvalue weighted by atomic mass is 10.1. The summed E-state index contributed by atoms with van der Waals surface area (Å²) in [5.41, 5.74) is 4.52. The zero-order valence-corrected chi connectivity index (χ0v) is 14.1. The Kier molecular flexibility index (Phi) is 4.80. The van der Waals surface area contributed by atoms with Crippen LogP contribution in [0.4, 0.5) is 0 Å². The molecule has 24 heavy (non-hydrogen) atoms. The molecule has 2 aromatic carbocycles. The number of aryl methyl sites for hydroxylation is 1. The second-order valence-electron chi connectivity index (χ2n) is 6.17. The molecule has 0 radical (unpaired) electrons. The van der Waals surface area contributed by atoms with E-state index >= 15 is 0 Å². The molecule has 0 unspecified atom stereocenters. The Morgan fingerprint density at radius 2 is 1.50 bits per heavy atom. The molecular formula is C21H22N2O. The van der Waals surface area contributed by atoms with E-state index in [0.717, 1.165) is 16.8 Å². The van der Waals surface area contributed by atoms with Crippen LogP contribution in [0.5, 0.6) is 0 Å². The summed E-state index contributed by atoms with van der Waals surface area (Å²) in [6.45, 7) is 2.70. The van der Waals surface area contributed by atoms with E-state index in [1.807, 2.05) is 55.8 Å². The van der Waals surface area contributed by atoms with Crippen molar-refractivity contribution >= 4 is 5.91 Å². The summed E-state index contributed by atoms with van der Waals surface area (Å²) in [4.78, 5) is 14.2. The molecule has 0 saturated carbocycles. The fourth-order valence-electron chi connectivity index (χ4n) is 2.66. The number of carbonyl (C=O) groups is 1. The second-order valence-corrected chi connectivity index (χ2v) is 6.17. The molecule has 1 heterocycles. The predicted molar refractivity (Wildman–Crippen MR) is 97.1 cm³/mol. The van der Waals surface area contributed by atoms with Crippen LogP contribution < -0.4 is 0 Å². The second kappa shape index (κ2) is 7.18. The van der Waals surface area contributed by atoms with E-state index in [1.165, 1.54) is 5.56 Å². The normalized spacial score (nSPS) is 10.6. The van der Waals surface area contributed by atoms with Crippen molar-refractivity contribution in [2.45, 2.75) is 19.9 Å². The number of likely N-dealkylation sites (N-methyl/N-ethyl adjacent to an activating group) is 1. The molecule has 0 saturated heterocycles. The molecule has 1 amide bonds. The Morgan fingerprint density at radius 3 is 2.12 bits per heavy atom. The van der Waals surface area contributed by atoms with E-state index in [0.29, 0.717) is 13.0 Å². The van der Waals surface area contributed by atoms with Crippen molar-refractivity contribution in [3.8, 4) is 5.69 Å². The van der Waals surface area contributed by atoms with Gasteiger partial charge in [0, 0.05) is 31.7 Å². The highest BCUT2D eigenvalue weighted by Crippen LogP contribution is 2.12. The van der Waals surface area contributed by atoms with Gasteiger partial charge in [0.1, 0.15) is 0 Å². The average Bonchev–Trinajstić information content (AvgIpc) is 3.12. The van der Waals surface area contributed by atoms with E-state index < -0.39 is 0 Å². The Bertz CT molecular complexity index is 787. The first-order valence-corrected chi connectivity index (χ1v) is 8.13. The number of hydrogen-bond acceptors (Lipinski definition) is 1. The van der Waals surface area contributed by atoms with Crippen LogP contribution in [0.15, 0.2) is 73.1 Å². The van der Waals surface area contributed by atoms with Crippen molar-refractivity contribution in [2.24, 2.45) is 0 Å². The summed E-state index contributed by atoms with van der Waals surface area (Å²) in [6, 6.07) is 20.4. The molecule has 3 aromatic rings. The monoisotopic (exact) mass is 318 g/mol. The highest BCUT2D eigenvalue weighted by molar-refractivity contribution is 5.78. The van der Waals surface area contributed by atoms with Crippen LogP contribution in [-0.4, -0.2) is 22.4 Å². The molecule has 0 N–H and O–H groups in total. The van der Waals surface area contributed by atoms with Crippen LogP contribution in [0.2, 0.25) is 0 Å². The molecule has 0 aliphatic rings. The van der Waals surface area contributed by atoms with Crippen molar-refractivity contribution in [1.82, 2.24) is 9.47 Å². The maximum Gasteiger partial charge on any atom is 0.227 e. The number of amides is 1. The minimum Gasteiger partial charge on any atom is -0.341 e. The third kappa shape index (κ3) is 3.93. The molecular weight excluding hydrogens is 296 g/mol. The van der Waals surface area contributed by atoms with Gasteiger partial charge in [0.15, 0.2) is 0 Å². The molecule has 122 valence electrons. The van der Waals surface area contributed by atoms with E-state index in [-0.39, 0.29) is 5.91 Å². The molecule has 0 atom stereocenters. The molecule has 0 aliphatic carbocycles. The Morgan fingerprint density at radius 1 is 0.917 bits per heavy atom. The molecule has 3 nitrogen and oxygen atoms in total. The molecule has 0 spiro atoms. The van der Waals surface area contributed by atoms with Crippen LogP contribution >= 0.6 is 0 Å². The zero-order chi connectivity index (χ0) is 16.9. The predicted octanol–water partition coefficient (Wildman–Crippen LogP) is 3.99. The molecule has 0 aliphatic heterocycles. The minimum atomic E-state index is 0.129. The zero-order valence-electron chi connectivity index (χ0n) is 14.1. The lowest BCUT2D eigenvalue weighted by molar-refractivity contribution is -0.129. The largest absolute Gasteiger partial charge is 0.341 e. The van der Waals surface area contributed by atoms with Gasteiger partial charge in [-0.2, -0.15) is 0 Å². The smallest absolute Gasteiger partial charge is 0.227 e. The Labute approximate surface area is 143 Å². The summed E-state index contributed by atoms with van der Waals surface area (Å²) in [5.74, 6) is 0.129. The highest BCUT2D eigenvalue weighted by atomic mass is 16.2. The van der Waals surface area contributed by atoms with Gasteiger partial charge < -0.3 is 9.47 Å². The van der Waals surface area contributed by atoms with Crippen LogP contribution in [0, 0.1) is 6.92 Å². The molecule has 3 heteroatoms. The standard InChI is InChI=1S/C21H22N2O/c1-17-5-7-19(8-6-17)16-22(2)21(24)15-18-9-11-20(12-10-18)23-13-3-4-14-23/h3-14H,15-16H2,1-2H3. The molecule has 1 aromatic heterocycles. The van der Waals surface area contributed by atoms with E-state index in [1.54, 1.807) is 4.90 Å². The fourth-order valence-corrected chi connectivity index (χ4v) is 2.66. The van der Waals surface area contributed by atoms with Gasteiger partial charge in [0.05, 0.1) is 6.42 Å². The van der Waals surface area contributed by atoms with Crippen molar-refractivity contribution in [1.29, 1.82) is 0 Å². The molecule has 0 bridgehead atoms. The van der Waals surface area contributed by atoms with Crippen molar-refractivity contribution < 1.29 is 4.79 Å². The summed E-state index contributed by atoms with van der Waals surface area (Å²) in [5, 5.41) is 0. The number of rotatable bonds is 5. The maximum absolute atomic E-state index is 12.4. The van der Waals surface area contributed by atoms with Gasteiger partial charge in [-0.1, -0.05) is 42.0 Å². The van der Waals surface area contributed by atoms with Gasteiger partial charge in [-0.25, -0.2) is 0 Å². The van der Waals surface area contributed by atoms with Gasteiger partial charge in [0.25, 0.3) is 0 Å². The van der Waals surface area contributed by atoms with Crippen molar-refractivity contribution in [3.05, 3.63) is 89.7 Å². The topological polar surface area (TPSA) is 25.2 Å². The van der Waals surface area contributed by atoms with Crippen LogP contribution in [0.1, 0.15) is 16.7 Å². The molecule has 0 fully saturated rings. The van der Waals surface area contributed by atoms with Gasteiger partial charge in [0.2, 0.25) is 5.91 Å². The Hall–Kier alpha value is -2.81. The number of aromatic nitrogens is 1.